The Bertz CT molecular complexity index is 740. The predicted octanol–water partition coefficient (Wildman–Crippen LogP) is 3.26. The second-order valence-corrected chi connectivity index (χ2v) is 4.30. The van der Waals surface area contributed by atoms with Crippen LogP contribution in [0.4, 0.5) is 4.39 Å². The molecule has 0 aliphatic rings. The fraction of sp³-hybridized carbons (Fsp3) is 0.0625. The van der Waals surface area contributed by atoms with Crippen LogP contribution in [0.25, 0.3) is 16.5 Å². The van der Waals surface area contributed by atoms with Gasteiger partial charge < -0.3 is 4.74 Å². The molecule has 0 radical (unpaired) electrons. The molecule has 19 heavy (non-hydrogen) atoms. The third kappa shape index (κ3) is 2.15. The molecule has 0 saturated heterocycles. The van der Waals surface area contributed by atoms with Crippen molar-refractivity contribution in [2.24, 2.45) is 0 Å². The Morgan fingerprint density at radius 3 is 2.68 bits per heavy atom. The first kappa shape index (κ1) is 11.7. The summed E-state index contributed by atoms with van der Waals surface area (Å²) < 4.78 is 20.5. The van der Waals surface area contributed by atoms with Crippen LogP contribution in [0, 0.1) is 5.82 Å². The van der Waals surface area contributed by atoms with Crippen molar-refractivity contribution in [1.82, 2.24) is 0 Å². The van der Waals surface area contributed by atoms with Gasteiger partial charge in [0.15, 0.2) is 12.4 Å². The van der Waals surface area contributed by atoms with Gasteiger partial charge >= 0.3 is 0 Å². The number of benzene rings is 2. The molecule has 1 aromatic heterocycles. The van der Waals surface area contributed by atoms with E-state index in [2.05, 4.69) is 0 Å². The van der Waals surface area contributed by atoms with Crippen LogP contribution in [0.5, 0.6) is 5.75 Å². The summed E-state index contributed by atoms with van der Waals surface area (Å²) in [5, 5.41) is 2.09. The van der Waals surface area contributed by atoms with Crippen LogP contribution in [-0.2, 0) is 0 Å². The number of nitrogens with zero attached hydrogens (tertiary/aromatic N) is 1. The van der Waals surface area contributed by atoms with Gasteiger partial charge in [0.2, 0.25) is 5.69 Å². The average Bonchev–Trinajstić information content (AvgIpc) is 2.46. The molecule has 2 aromatic carbocycles. The fourth-order valence-electron chi connectivity index (χ4n) is 2.16. The molecule has 0 bridgehead atoms. The van der Waals surface area contributed by atoms with Crippen molar-refractivity contribution in [3.05, 3.63) is 66.7 Å². The highest BCUT2D eigenvalue weighted by Gasteiger charge is 2.10. The second-order valence-electron chi connectivity index (χ2n) is 4.30. The number of fused-ring (bicyclic) bond motifs is 1. The zero-order valence-corrected chi connectivity index (χ0v) is 10.5. The Kier molecular flexibility index (Phi) is 2.88. The smallest absolute Gasteiger partial charge is 0.213 e. The lowest BCUT2D eigenvalue weighted by molar-refractivity contribution is -0.594. The van der Waals surface area contributed by atoms with Crippen LogP contribution in [0.1, 0.15) is 0 Å². The SMILES string of the molecule is COc1cccc2cc[n+](-c3cccc(F)c3)cc12. The zero-order valence-electron chi connectivity index (χ0n) is 10.5. The Balaban J connectivity index is 2.21. The van der Waals surface area contributed by atoms with Gasteiger partial charge in [-0.2, -0.15) is 4.57 Å². The first-order valence-corrected chi connectivity index (χ1v) is 6.02. The van der Waals surface area contributed by atoms with Crippen molar-refractivity contribution in [2.45, 2.75) is 0 Å². The Hall–Kier alpha value is -2.42. The van der Waals surface area contributed by atoms with Gasteiger partial charge in [0, 0.05) is 18.2 Å². The highest BCUT2D eigenvalue weighted by atomic mass is 19.1. The van der Waals surface area contributed by atoms with E-state index in [1.165, 1.54) is 12.1 Å². The lowest BCUT2D eigenvalue weighted by Gasteiger charge is -2.04. The monoisotopic (exact) mass is 254 g/mol. The highest BCUT2D eigenvalue weighted by Crippen LogP contribution is 2.23. The van der Waals surface area contributed by atoms with Crippen molar-refractivity contribution in [3.63, 3.8) is 0 Å². The lowest BCUT2D eigenvalue weighted by Crippen LogP contribution is -2.29. The summed E-state index contributed by atoms with van der Waals surface area (Å²) in [5.41, 5.74) is 0.785. The van der Waals surface area contributed by atoms with Crippen LogP contribution in [0.15, 0.2) is 60.9 Å². The maximum Gasteiger partial charge on any atom is 0.213 e. The summed E-state index contributed by atoms with van der Waals surface area (Å²) in [4.78, 5) is 0. The second kappa shape index (κ2) is 4.69. The number of halogens is 1. The topological polar surface area (TPSA) is 13.1 Å². The lowest BCUT2D eigenvalue weighted by atomic mass is 10.1. The first-order chi connectivity index (χ1) is 9.28. The molecule has 94 valence electrons. The number of methoxy groups -OCH3 is 1. The van der Waals surface area contributed by atoms with E-state index in [0.29, 0.717) is 0 Å². The molecule has 0 N–H and O–H groups in total. The maximum absolute atomic E-state index is 13.3. The van der Waals surface area contributed by atoms with Crippen molar-refractivity contribution in [2.75, 3.05) is 7.11 Å². The molecule has 0 aliphatic carbocycles. The van der Waals surface area contributed by atoms with Gasteiger partial charge in [0.1, 0.15) is 11.6 Å². The van der Waals surface area contributed by atoms with Crippen LogP contribution < -0.4 is 9.30 Å². The minimum absolute atomic E-state index is 0.245. The van der Waals surface area contributed by atoms with E-state index >= 15 is 0 Å². The highest BCUT2D eigenvalue weighted by molar-refractivity contribution is 5.86. The number of hydrogen-bond acceptors (Lipinski definition) is 1. The van der Waals surface area contributed by atoms with Crippen LogP contribution in [0.2, 0.25) is 0 Å². The Morgan fingerprint density at radius 2 is 1.89 bits per heavy atom. The predicted molar refractivity (Wildman–Crippen MR) is 72.0 cm³/mol. The zero-order chi connectivity index (χ0) is 13.2. The number of pyridine rings is 1. The third-order valence-electron chi connectivity index (χ3n) is 3.11. The Morgan fingerprint density at radius 1 is 1.05 bits per heavy atom. The Labute approximate surface area is 110 Å². The van der Waals surface area contributed by atoms with Crippen LogP contribution >= 0.6 is 0 Å². The summed E-state index contributed by atoms with van der Waals surface area (Å²) >= 11 is 0. The molecule has 3 heteroatoms. The van der Waals surface area contributed by atoms with E-state index in [9.17, 15) is 4.39 Å². The molecule has 1 heterocycles. The number of rotatable bonds is 2. The van der Waals surface area contributed by atoms with Crippen molar-refractivity contribution >= 4 is 10.8 Å². The first-order valence-electron chi connectivity index (χ1n) is 6.02. The van der Waals surface area contributed by atoms with E-state index < -0.39 is 0 Å². The summed E-state index contributed by atoms with van der Waals surface area (Å²) in [6, 6.07) is 14.4. The number of aromatic nitrogens is 1. The van der Waals surface area contributed by atoms with E-state index in [1.807, 2.05) is 47.3 Å². The summed E-state index contributed by atoms with van der Waals surface area (Å²) in [5.74, 6) is 0.563. The van der Waals surface area contributed by atoms with Crippen molar-refractivity contribution in [1.29, 1.82) is 0 Å². The van der Waals surface area contributed by atoms with Gasteiger partial charge in [0.05, 0.1) is 12.5 Å². The van der Waals surface area contributed by atoms with E-state index in [4.69, 9.17) is 4.74 Å². The molecule has 0 saturated carbocycles. The molecule has 0 atom stereocenters. The summed E-state index contributed by atoms with van der Waals surface area (Å²) in [6.45, 7) is 0. The van der Waals surface area contributed by atoms with Crippen molar-refractivity contribution < 1.29 is 13.7 Å². The summed E-state index contributed by atoms with van der Waals surface area (Å²) in [7, 11) is 1.65. The molecular weight excluding hydrogens is 241 g/mol. The van der Waals surface area contributed by atoms with Gasteiger partial charge in [-0.1, -0.05) is 18.2 Å². The van der Waals surface area contributed by atoms with Gasteiger partial charge in [-0.15, -0.1) is 0 Å². The quantitative estimate of drug-likeness (QED) is 0.640. The molecule has 0 amide bonds. The van der Waals surface area contributed by atoms with Crippen LogP contribution in [0.3, 0.4) is 0 Å². The largest absolute Gasteiger partial charge is 0.496 e. The molecule has 0 unspecified atom stereocenters. The fourth-order valence-corrected chi connectivity index (χ4v) is 2.16. The normalized spacial score (nSPS) is 10.6. The summed E-state index contributed by atoms with van der Waals surface area (Å²) in [6.07, 6.45) is 3.86. The van der Waals surface area contributed by atoms with Gasteiger partial charge in [-0.05, 0) is 17.5 Å². The standard InChI is InChI=1S/C16H13FNO/c1-19-16-7-2-4-12-8-9-18(11-15(12)16)14-6-3-5-13(17)10-14/h2-11H,1H3/q+1. The molecule has 0 spiro atoms. The molecule has 0 aliphatic heterocycles. The van der Waals surface area contributed by atoms with E-state index in [1.54, 1.807) is 13.2 Å². The number of hydrogen-bond donors (Lipinski definition) is 0. The maximum atomic E-state index is 13.3. The average molecular weight is 254 g/mol. The van der Waals surface area contributed by atoms with Gasteiger partial charge in [-0.3, -0.25) is 0 Å². The number of ether oxygens (including phenoxy) is 1. The molecule has 3 aromatic rings. The molecule has 0 fully saturated rings. The van der Waals surface area contributed by atoms with Gasteiger partial charge in [-0.25, -0.2) is 4.39 Å². The van der Waals surface area contributed by atoms with Gasteiger partial charge in [0.25, 0.3) is 0 Å². The minimum Gasteiger partial charge on any atom is -0.496 e. The van der Waals surface area contributed by atoms with E-state index in [-0.39, 0.29) is 5.82 Å². The van der Waals surface area contributed by atoms with E-state index in [0.717, 1.165) is 22.2 Å². The molecule has 3 rings (SSSR count). The van der Waals surface area contributed by atoms with Crippen molar-refractivity contribution in [3.8, 4) is 11.4 Å². The molecule has 2 nitrogen and oxygen atoms in total. The molecular formula is C16H13FNO+. The van der Waals surface area contributed by atoms with Crippen LogP contribution in [-0.4, -0.2) is 7.11 Å². The minimum atomic E-state index is -0.245. The third-order valence-corrected chi connectivity index (χ3v) is 3.11.